The lowest BCUT2D eigenvalue weighted by Crippen LogP contribution is -2.50. The van der Waals surface area contributed by atoms with E-state index in [1.807, 2.05) is 35.2 Å². The molecule has 0 unspecified atom stereocenters. The lowest BCUT2D eigenvalue weighted by atomic mass is 10.2. The van der Waals surface area contributed by atoms with Crippen LogP contribution in [-0.4, -0.2) is 85.1 Å². The van der Waals surface area contributed by atoms with Crippen molar-refractivity contribution in [2.45, 2.75) is 18.7 Å². The van der Waals surface area contributed by atoms with Gasteiger partial charge < -0.3 is 15.2 Å². The third-order valence-corrected chi connectivity index (χ3v) is 8.33. The molecule has 1 aliphatic heterocycles. The Hall–Kier alpha value is -3.21. The Morgan fingerprint density at radius 3 is 2.26 bits per heavy atom. The van der Waals surface area contributed by atoms with Gasteiger partial charge in [-0.2, -0.15) is 4.31 Å². The van der Waals surface area contributed by atoms with Gasteiger partial charge in [-0.25, -0.2) is 8.42 Å². The van der Waals surface area contributed by atoms with Crippen LogP contribution in [0.4, 0.5) is 5.69 Å². The van der Waals surface area contributed by atoms with Crippen LogP contribution in [0.15, 0.2) is 59.5 Å². The van der Waals surface area contributed by atoms with Crippen molar-refractivity contribution in [2.75, 3.05) is 51.1 Å². The van der Waals surface area contributed by atoms with Gasteiger partial charge in [0.15, 0.2) is 0 Å². The maximum absolute atomic E-state index is 12.9. The smallest absolute Gasteiger partial charge is 0.270 e. The fourth-order valence-corrected chi connectivity index (χ4v) is 5.75. The van der Waals surface area contributed by atoms with Gasteiger partial charge >= 0.3 is 0 Å². The zero-order valence-corrected chi connectivity index (χ0v) is 20.8. The highest BCUT2D eigenvalue weighted by atomic mass is 32.2. The zero-order chi connectivity index (χ0) is 25.0. The number of rotatable bonds is 8. The van der Waals surface area contributed by atoms with Crippen molar-refractivity contribution in [3.05, 3.63) is 60.3 Å². The van der Waals surface area contributed by atoms with Gasteiger partial charge in [-0.3, -0.25) is 14.5 Å². The molecule has 0 atom stereocenters. The number of nitrogens with zero attached hydrogens (tertiary/aromatic N) is 3. The van der Waals surface area contributed by atoms with Crippen LogP contribution in [0.5, 0.6) is 0 Å². The highest BCUT2D eigenvalue weighted by Crippen LogP contribution is 2.19. The first kappa shape index (κ1) is 24.9. The maximum atomic E-state index is 12.9. The molecule has 4 rings (SSSR count). The predicted molar refractivity (Wildman–Crippen MR) is 136 cm³/mol. The summed E-state index contributed by atoms with van der Waals surface area (Å²) in [5.74, 6) is -0.218. The topological polar surface area (TPSA) is 106 Å². The summed E-state index contributed by atoms with van der Waals surface area (Å²) < 4.78 is 26.6. The van der Waals surface area contributed by atoms with Crippen LogP contribution in [0.25, 0.3) is 10.9 Å². The van der Waals surface area contributed by atoms with E-state index in [9.17, 15) is 18.0 Å². The van der Waals surface area contributed by atoms with Crippen molar-refractivity contribution in [2.24, 2.45) is 0 Å². The monoisotopic (exact) mass is 497 g/mol. The summed E-state index contributed by atoms with van der Waals surface area (Å²) in [6.45, 7) is 6.88. The number of piperazine rings is 1. The fraction of sp³-hybridized carbons (Fsp3) is 0.360. The number of anilines is 1. The van der Waals surface area contributed by atoms with Gasteiger partial charge in [-0.1, -0.05) is 32.0 Å². The van der Waals surface area contributed by atoms with Crippen LogP contribution in [0.3, 0.4) is 0 Å². The van der Waals surface area contributed by atoms with Gasteiger partial charge in [0, 0.05) is 55.9 Å². The largest absolute Gasteiger partial charge is 0.351 e. The number of amides is 2. The molecule has 186 valence electrons. The molecule has 3 aromatic rings. The number of aromatic amines is 1. The van der Waals surface area contributed by atoms with Gasteiger partial charge in [0.25, 0.3) is 5.91 Å². The Kier molecular flexibility index (Phi) is 7.54. The molecule has 0 radical (unpaired) electrons. The van der Waals surface area contributed by atoms with Crippen molar-refractivity contribution >= 4 is 38.4 Å². The Morgan fingerprint density at radius 2 is 1.63 bits per heavy atom. The number of para-hydroxylation sites is 1. The van der Waals surface area contributed by atoms with Gasteiger partial charge in [0.05, 0.1) is 11.4 Å². The summed E-state index contributed by atoms with van der Waals surface area (Å²) in [5, 5.41) is 3.83. The Bertz CT molecular complexity index is 1260. The number of H-pyrrole nitrogens is 1. The highest BCUT2D eigenvalue weighted by molar-refractivity contribution is 7.89. The maximum Gasteiger partial charge on any atom is 0.270 e. The quantitative estimate of drug-likeness (QED) is 0.498. The summed E-state index contributed by atoms with van der Waals surface area (Å²) in [6, 6.07) is 15.9. The van der Waals surface area contributed by atoms with Crippen molar-refractivity contribution in [1.29, 1.82) is 0 Å². The summed E-state index contributed by atoms with van der Waals surface area (Å²) in [6.07, 6.45) is 0. The van der Waals surface area contributed by atoms with E-state index in [1.54, 1.807) is 30.9 Å². The number of hydrogen-bond acceptors (Lipinski definition) is 5. The number of benzene rings is 2. The molecule has 9 nitrogen and oxygen atoms in total. The predicted octanol–water partition coefficient (Wildman–Crippen LogP) is 2.59. The van der Waals surface area contributed by atoms with E-state index in [0.29, 0.717) is 50.6 Å². The minimum absolute atomic E-state index is 0.0370. The van der Waals surface area contributed by atoms with Crippen molar-refractivity contribution < 1.29 is 18.0 Å². The molecule has 10 heteroatoms. The van der Waals surface area contributed by atoms with Crippen molar-refractivity contribution in [3.63, 3.8) is 0 Å². The Balaban J connectivity index is 1.28. The summed E-state index contributed by atoms with van der Waals surface area (Å²) >= 11 is 0. The molecular formula is C25H31N5O4S. The lowest BCUT2D eigenvalue weighted by Gasteiger charge is -2.34. The van der Waals surface area contributed by atoms with Crippen LogP contribution in [0, 0.1) is 0 Å². The Labute approximate surface area is 205 Å². The molecule has 0 saturated carbocycles. The number of fused-ring (bicyclic) bond motifs is 1. The van der Waals surface area contributed by atoms with Crippen LogP contribution in [0.2, 0.25) is 0 Å². The van der Waals surface area contributed by atoms with E-state index < -0.39 is 10.0 Å². The molecule has 1 fully saturated rings. The average Bonchev–Trinajstić information content (AvgIpc) is 3.29. The second-order valence-corrected chi connectivity index (χ2v) is 10.4. The molecule has 1 saturated heterocycles. The fourth-order valence-electron chi connectivity index (χ4n) is 4.29. The first-order valence-corrected chi connectivity index (χ1v) is 13.2. The SMILES string of the molecule is CCN(CC)S(=O)(=O)c1ccc(NC(=O)CN2CCN(C(=O)c3cc4ccccc4[nH]3)CC2)cc1. The van der Waals surface area contributed by atoms with E-state index in [-0.39, 0.29) is 23.3 Å². The van der Waals surface area contributed by atoms with Gasteiger partial charge in [0.2, 0.25) is 15.9 Å². The molecule has 35 heavy (non-hydrogen) atoms. The molecule has 1 aliphatic rings. The van der Waals surface area contributed by atoms with Gasteiger partial charge in [0.1, 0.15) is 5.69 Å². The van der Waals surface area contributed by atoms with E-state index in [2.05, 4.69) is 10.3 Å². The lowest BCUT2D eigenvalue weighted by molar-refractivity contribution is -0.117. The zero-order valence-electron chi connectivity index (χ0n) is 20.0. The molecule has 2 heterocycles. The minimum atomic E-state index is -3.53. The summed E-state index contributed by atoms with van der Waals surface area (Å²) in [5.41, 5.74) is 2.05. The molecule has 2 N–H and O–H groups in total. The molecule has 0 aliphatic carbocycles. The number of carbonyl (C=O) groups excluding carboxylic acids is 2. The molecule has 0 bridgehead atoms. The highest BCUT2D eigenvalue weighted by Gasteiger charge is 2.25. The number of aromatic nitrogens is 1. The van der Waals surface area contributed by atoms with E-state index in [0.717, 1.165) is 10.9 Å². The normalized spacial score (nSPS) is 15.0. The number of nitrogens with one attached hydrogen (secondary N) is 2. The Morgan fingerprint density at radius 1 is 0.971 bits per heavy atom. The van der Waals surface area contributed by atoms with Crippen LogP contribution < -0.4 is 5.32 Å². The van der Waals surface area contributed by atoms with Gasteiger partial charge in [-0.15, -0.1) is 0 Å². The van der Waals surface area contributed by atoms with Crippen molar-refractivity contribution in [3.8, 4) is 0 Å². The van der Waals surface area contributed by atoms with Crippen LogP contribution in [0.1, 0.15) is 24.3 Å². The number of hydrogen-bond donors (Lipinski definition) is 2. The second kappa shape index (κ2) is 10.6. The standard InChI is InChI=1S/C25H31N5O4S/c1-3-30(4-2)35(33,34)21-11-9-20(10-12-21)26-24(31)18-28-13-15-29(16-14-28)25(32)23-17-19-7-5-6-8-22(19)27-23/h5-12,17,27H,3-4,13-16,18H2,1-2H3,(H,26,31). The second-order valence-electron chi connectivity index (χ2n) is 8.50. The number of sulfonamides is 1. The first-order valence-electron chi connectivity index (χ1n) is 11.8. The van der Waals surface area contributed by atoms with E-state index >= 15 is 0 Å². The van der Waals surface area contributed by atoms with E-state index in [1.165, 1.54) is 16.4 Å². The van der Waals surface area contributed by atoms with Crippen molar-refractivity contribution in [1.82, 2.24) is 19.1 Å². The summed E-state index contributed by atoms with van der Waals surface area (Å²) in [4.78, 5) is 32.6. The third-order valence-electron chi connectivity index (χ3n) is 6.27. The third kappa shape index (κ3) is 5.55. The number of carbonyl (C=O) groups is 2. The molecule has 2 amide bonds. The molecule has 1 aromatic heterocycles. The van der Waals surface area contributed by atoms with Gasteiger partial charge in [-0.05, 0) is 36.4 Å². The van der Waals surface area contributed by atoms with Crippen LogP contribution >= 0.6 is 0 Å². The average molecular weight is 498 g/mol. The molecular weight excluding hydrogens is 466 g/mol. The molecule has 2 aromatic carbocycles. The minimum Gasteiger partial charge on any atom is -0.351 e. The van der Waals surface area contributed by atoms with Crippen LogP contribution in [-0.2, 0) is 14.8 Å². The molecule has 0 spiro atoms. The first-order chi connectivity index (χ1) is 16.8. The van der Waals surface area contributed by atoms with E-state index in [4.69, 9.17) is 0 Å². The summed E-state index contributed by atoms with van der Waals surface area (Å²) in [7, 11) is -3.53.